The number of sulfonamides is 1. The summed E-state index contributed by atoms with van der Waals surface area (Å²) < 4.78 is 33.5. The van der Waals surface area contributed by atoms with Crippen LogP contribution in [0.25, 0.3) is 0 Å². The highest BCUT2D eigenvalue weighted by Crippen LogP contribution is 2.29. The summed E-state index contributed by atoms with van der Waals surface area (Å²) in [4.78, 5) is 16.3. The number of rotatable bonds is 5. The highest BCUT2D eigenvalue weighted by molar-refractivity contribution is 7.89. The predicted octanol–water partition coefficient (Wildman–Crippen LogP) is 0.809. The van der Waals surface area contributed by atoms with Crippen molar-refractivity contribution in [2.24, 2.45) is 0 Å². The second-order valence-electron chi connectivity index (χ2n) is 5.87. The molecule has 0 bridgehead atoms. The van der Waals surface area contributed by atoms with E-state index in [4.69, 9.17) is 4.74 Å². The summed E-state index contributed by atoms with van der Waals surface area (Å²) in [5.41, 5.74) is 0.0382. The molecule has 1 aliphatic rings. The summed E-state index contributed by atoms with van der Waals surface area (Å²) >= 11 is 0. The number of anilines is 1. The van der Waals surface area contributed by atoms with Gasteiger partial charge >= 0.3 is 0 Å². The Bertz CT molecular complexity index is 876. The van der Waals surface area contributed by atoms with E-state index in [9.17, 15) is 18.3 Å². The highest BCUT2D eigenvalue weighted by Gasteiger charge is 2.27. The third-order valence-electron chi connectivity index (χ3n) is 4.19. The second-order valence-corrected chi connectivity index (χ2v) is 7.81. The molecule has 26 heavy (non-hydrogen) atoms. The van der Waals surface area contributed by atoms with E-state index in [1.54, 1.807) is 23.9 Å². The fourth-order valence-corrected chi connectivity index (χ4v) is 4.02. The van der Waals surface area contributed by atoms with Gasteiger partial charge in [0.25, 0.3) is 0 Å². The molecule has 2 N–H and O–H groups in total. The average Bonchev–Trinajstić information content (AvgIpc) is 3.18. The number of hydrogen-bond acceptors (Lipinski definition) is 6. The number of amides is 1. The van der Waals surface area contributed by atoms with Crippen molar-refractivity contribution >= 4 is 21.6 Å². The number of aromatic hydroxyl groups is 1. The van der Waals surface area contributed by atoms with Crippen LogP contribution in [0.15, 0.2) is 41.8 Å². The number of phenols is 1. The summed E-state index contributed by atoms with van der Waals surface area (Å²) in [5.74, 6) is -0.615. The molecular formula is C16H20N4O5S. The van der Waals surface area contributed by atoms with Gasteiger partial charge < -0.3 is 19.7 Å². The number of aromatic nitrogens is 2. The van der Waals surface area contributed by atoms with E-state index in [1.807, 2.05) is 0 Å². The van der Waals surface area contributed by atoms with Gasteiger partial charge in [0, 0.05) is 25.5 Å². The van der Waals surface area contributed by atoms with Crippen LogP contribution in [0.5, 0.6) is 5.75 Å². The summed E-state index contributed by atoms with van der Waals surface area (Å²) in [6, 6.07) is 3.26. The van der Waals surface area contributed by atoms with Crippen LogP contribution in [0.3, 0.4) is 0 Å². The van der Waals surface area contributed by atoms with Gasteiger partial charge in [-0.05, 0) is 25.1 Å². The Hall–Kier alpha value is -2.43. The largest absolute Gasteiger partial charge is 0.506 e. The van der Waals surface area contributed by atoms with Crippen LogP contribution in [-0.2, 0) is 19.6 Å². The first-order valence-electron chi connectivity index (χ1n) is 8.09. The molecule has 0 radical (unpaired) electrons. The lowest BCUT2D eigenvalue weighted by Gasteiger charge is -2.26. The first-order valence-corrected chi connectivity index (χ1v) is 9.53. The zero-order chi connectivity index (χ0) is 18.7. The summed E-state index contributed by atoms with van der Waals surface area (Å²) in [6.45, 7) is 2.88. The lowest BCUT2D eigenvalue weighted by atomic mass is 10.2. The van der Waals surface area contributed by atoms with Crippen molar-refractivity contribution in [3.8, 4) is 5.75 Å². The van der Waals surface area contributed by atoms with Gasteiger partial charge in [0.05, 0.1) is 30.1 Å². The Morgan fingerprint density at radius 2 is 2.08 bits per heavy atom. The number of carbonyl (C=O) groups is 1. The van der Waals surface area contributed by atoms with Crippen molar-refractivity contribution < 1.29 is 23.1 Å². The molecule has 0 aliphatic carbocycles. The van der Waals surface area contributed by atoms with Gasteiger partial charge in [-0.15, -0.1) is 0 Å². The third-order valence-corrected chi connectivity index (χ3v) is 6.08. The Morgan fingerprint density at radius 3 is 2.73 bits per heavy atom. The zero-order valence-corrected chi connectivity index (χ0v) is 15.0. The summed E-state index contributed by atoms with van der Waals surface area (Å²) in [7, 11) is -3.72. The van der Waals surface area contributed by atoms with Crippen LogP contribution in [0, 0.1) is 0 Å². The molecule has 1 atom stereocenters. The molecule has 2 aromatic rings. The van der Waals surface area contributed by atoms with E-state index in [1.165, 1.54) is 28.8 Å². The van der Waals surface area contributed by atoms with E-state index in [-0.39, 0.29) is 29.4 Å². The number of phenolic OH excluding ortho intramolecular Hbond substituents is 1. The normalized spacial score (nSPS) is 17.0. The molecule has 3 rings (SSSR count). The molecule has 1 aromatic heterocycles. The van der Waals surface area contributed by atoms with Crippen LogP contribution in [0.2, 0.25) is 0 Å². The average molecular weight is 380 g/mol. The van der Waals surface area contributed by atoms with E-state index >= 15 is 0 Å². The van der Waals surface area contributed by atoms with E-state index in [2.05, 4.69) is 10.3 Å². The van der Waals surface area contributed by atoms with Crippen LogP contribution in [0.4, 0.5) is 5.69 Å². The van der Waals surface area contributed by atoms with Crippen molar-refractivity contribution in [2.45, 2.75) is 17.9 Å². The minimum Gasteiger partial charge on any atom is -0.506 e. The lowest BCUT2D eigenvalue weighted by Crippen LogP contribution is -2.40. The number of imidazole rings is 1. The van der Waals surface area contributed by atoms with Gasteiger partial charge in [0.1, 0.15) is 11.8 Å². The van der Waals surface area contributed by atoms with Gasteiger partial charge in [-0.3, -0.25) is 4.79 Å². The molecule has 1 fully saturated rings. The molecule has 10 heteroatoms. The summed E-state index contributed by atoms with van der Waals surface area (Å²) in [5, 5.41) is 12.6. The number of hydrogen-bond donors (Lipinski definition) is 2. The molecule has 1 amide bonds. The van der Waals surface area contributed by atoms with Gasteiger partial charge in [-0.25, -0.2) is 13.4 Å². The summed E-state index contributed by atoms with van der Waals surface area (Å²) in [6.07, 6.45) is 4.70. The molecule has 1 aromatic carbocycles. The molecule has 2 heterocycles. The third kappa shape index (κ3) is 3.71. The van der Waals surface area contributed by atoms with Crippen molar-refractivity contribution in [3.05, 3.63) is 36.9 Å². The minimum absolute atomic E-state index is 0.00258. The topological polar surface area (TPSA) is 114 Å². The predicted molar refractivity (Wildman–Crippen MR) is 93.3 cm³/mol. The molecule has 0 saturated carbocycles. The van der Waals surface area contributed by atoms with Crippen LogP contribution in [0.1, 0.15) is 13.0 Å². The number of benzene rings is 1. The SMILES string of the molecule is C[C@H](C(=O)Nc1cc(S(=O)(=O)N2CCOCC2)ccc1O)n1ccnc1. The smallest absolute Gasteiger partial charge is 0.247 e. The van der Waals surface area contributed by atoms with Gasteiger partial charge in [-0.1, -0.05) is 0 Å². The zero-order valence-electron chi connectivity index (χ0n) is 14.2. The van der Waals surface area contributed by atoms with Crippen LogP contribution in [-0.4, -0.2) is 59.6 Å². The number of nitrogens with one attached hydrogen (secondary N) is 1. The maximum atomic E-state index is 12.7. The lowest BCUT2D eigenvalue weighted by molar-refractivity contribution is -0.118. The first kappa shape index (κ1) is 18.4. The molecule has 0 unspecified atom stereocenters. The van der Waals surface area contributed by atoms with E-state index in [0.717, 1.165) is 0 Å². The van der Waals surface area contributed by atoms with E-state index < -0.39 is 22.0 Å². The van der Waals surface area contributed by atoms with Crippen molar-refractivity contribution in [1.29, 1.82) is 0 Å². The van der Waals surface area contributed by atoms with Gasteiger partial charge in [0.2, 0.25) is 15.9 Å². The molecule has 0 spiro atoms. The minimum atomic E-state index is -3.72. The standard InChI is InChI=1S/C16H20N4O5S/c1-12(19-5-4-17-11-19)16(22)18-14-10-13(2-3-15(14)21)26(23,24)20-6-8-25-9-7-20/h2-5,10-12,21H,6-9H2,1H3,(H,18,22)/t12-/m1/s1. The first-order chi connectivity index (χ1) is 12.4. The van der Waals surface area contributed by atoms with Crippen molar-refractivity contribution in [3.63, 3.8) is 0 Å². The van der Waals surface area contributed by atoms with Crippen molar-refractivity contribution in [1.82, 2.24) is 13.9 Å². The monoisotopic (exact) mass is 380 g/mol. The molecule has 1 saturated heterocycles. The van der Waals surface area contributed by atoms with Crippen LogP contribution >= 0.6 is 0 Å². The molecule has 9 nitrogen and oxygen atoms in total. The van der Waals surface area contributed by atoms with Crippen LogP contribution < -0.4 is 5.32 Å². The second kappa shape index (κ2) is 7.44. The number of ether oxygens (including phenoxy) is 1. The Morgan fingerprint density at radius 1 is 1.35 bits per heavy atom. The Kier molecular flexibility index (Phi) is 5.25. The maximum absolute atomic E-state index is 12.7. The van der Waals surface area contributed by atoms with Gasteiger partial charge in [-0.2, -0.15) is 4.31 Å². The fourth-order valence-electron chi connectivity index (χ4n) is 2.58. The number of nitrogens with zero attached hydrogens (tertiary/aromatic N) is 3. The quantitative estimate of drug-likeness (QED) is 0.742. The molecule has 1 aliphatic heterocycles. The Labute approximate surface area is 151 Å². The number of carbonyl (C=O) groups excluding carboxylic acids is 1. The van der Waals surface area contributed by atoms with Gasteiger partial charge in [0.15, 0.2) is 0 Å². The number of morpholine rings is 1. The molecule has 140 valence electrons. The molecular weight excluding hydrogens is 360 g/mol. The highest BCUT2D eigenvalue weighted by atomic mass is 32.2. The van der Waals surface area contributed by atoms with Crippen molar-refractivity contribution in [2.75, 3.05) is 31.6 Å². The fraction of sp³-hybridized carbons (Fsp3) is 0.375. The Balaban J connectivity index is 1.82. The van der Waals surface area contributed by atoms with E-state index in [0.29, 0.717) is 13.2 Å². The maximum Gasteiger partial charge on any atom is 0.247 e.